The number of nitrogens with zero attached hydrogens (tertiary/aromatic N) is 1. The number of thiazole rings is 1. The highest BCUT2D eigenvalue weighted by atomic mass is 32.2. The highest BCUT2D eigenvalue weighted by Crippen LogP contribution is 2.41. The van der Waals surface area contributed by atoms with Gasteiger partial charge in [-0.2, -0.15) is 0 Å². The summed E-state index contributed by atoms with van der Waals surface area (Å²) in [6.45, 7) is 0. The minimum Gasteiger partial charge on any atom is -0.496 e. The molecule has 2 aromatic carbocycles. The number of benzene rings is 2. The Morgan fingerprint density at radius 2 is 1.27 bits per heavy atom. The first-order valence-corrected chi connectivity index (χ1v) is 11.6. The lowest BCUT2D eigenvalue weighted by Crippen LogP contribution is -2.06. The number of carbonyl (C=O) groups excluding carboxylic acids is 1. The van der Waals surface area contributed by atoms with E-state index in [1.54, 1.807) is 39.5 Å². The van der Waals surface area contributed by atoms with Crippen LogP contribution in [0.1, 0.15) is 10.4 Å². The zero-order valence-corrected chi connectivity index (χ0v) is 20.8. The number of thioether (sulfide) groups is 1. The molecule has 33 heavy (non-hydrogen) atoms. The molecule has 3 aromatic rings. The summed E-state index contributed by atoms with van der Waals surface area (Å²) < 4.78 is 33.0. The fourth-order valence-corrected chi connectivity index (χ4v) is 4.84. The molecule has 0 N–H and O–H groups in total. The van der Waals surface area contributed by atoms with Gasteiger partial charge in [-0.1, -0.05) is 11.8 Å². The van der Waals surface area contributed by atoms with E-state index in [9.17, 15) is 4.79 Å². The van der Waals surface area contributed by atoms with E-state index >= 15 is 0 Å². The molecule has 0 unspecified atom stereocenters. The molecule has 1 heterocycles. The number of hydrogen-bond acceptors (Lipinski definition) is 10. The lowest BCUT2D eigenvalue weighted by molar-refractivity contribution is 0.101. The number of ether oxygens (including phenoxy) is 6. The highest BCUT2D eigenvalue weighted by Gasteiger charge is 2.20. The van der Waals surface area contributed by atoms with Crippen LogP contribution >= 0.6 is 23.1 Å². The molecule has 0 aliphatic rings. The van der Waals surface area contributed by atoms with Gasteiger partial charge < -0.3 is 28.4 Å². The van der Waals surface area contributed by atoms with Crippen LogP contribution in [0.2, 0.25) is 0 Å². The summed E-state index contributed by atoms with van der Waals surface area (Å²) in [6, 6.07) is 6.85. The maximum absolute atomic E-state index is 12.9. The zero-order valence-electron chi connectivity index (χ0n) is 19.2. The van der Waals surface area contributed by atoms with Crippen molar-refractivity contribution in [2.24, 2.45) is 0 Å². The first-order chi connectivity index (χ1) is 16.0. The third-order valence-electron chi connectivity index (χ3n) is 4.80. The van der Waals surface area contributed by atoms with Gasteiger partial charge in [-0.05, 0) is 12.1 Å². The number of Topliss-reactive ketones (excluding diaryl/α,β-unsaturated/α-hetero) is 1. The normalized spacial score (nSPS) is 10.5. The Hall–Kier alpha value is -3.11. The fraction of sp³-hybridized carbons (Fsp3) is 0.304. The molecule has 0 aliphatic heterocycles. The quantitative estimate of drug-likeness (QED) is 0.276. The minimum atomic E-state index is -0.113. The predicted octanol–water partition coefficient (Wildman–Crippen LogP) is 4.84. The zero-order chi connectivity index (χ0) is 24.0. The van der Waals surface area contributed by atoms with E-state index < -0.39 is 0 Å². The maximum atomic E-state index is 12.9. The minimum absolute atomic E-state index is 0.113. The van der Waals surface area contributed by atoms with Crippen LogP contribution in [-0.2, 0) is 0 Å². The summed E-state index contributed by atoms with van der Waals surface area (Å²) >= 11 is 2.79. The third kappa shape index (κ3) is 5.28. The highest BCUT2D eigenvalue weighted by molar-refractivity contribution is 8.01. The van der Waals surface area contributed by atoms with E-state index in [0.29, 0.717) is 40.1 Å². The van der Waals surface area contributed by atoms with Crippen molar-refractivity contribution in [2.75, 3.05) is 48.4 Å². The SMILES string of the molecule is COc1cc(OC)c(C(=O)CSc2nc(-c3cc(OC)c(OC)cc3OC)cs2)cc1OC. The van der Waals surface area contributed by atoms with Gasteiger partial charge in [0, 0.05) is 23.1 Å². The molecule has 10 heteroatoms. The van der Waals surface area contributed by atoms with Crippen LogP contribution in [0, 0.1) is 0 Å². The molecule has 0 amide bonds. The maximum Gasteiger partial charge on any atom is 0.177 e. The molecule has 3 rings (SSSR count). The number of hydrogen-bond donors (Lipinski definition) is 0. The molecule has 0 saturated carbocycles. The number of methoxy groups -OCH3 is 6. The number of aromatic nitrogens is 1. The Bertz CT molecular complexity index is 1130. The smallest absolute Gasteiger partial charge is 0.177 e. The second-order valence-electron chi connectivity index (χ2n) is 6.53. The Morgan fingerprint density at radius 3 is 1.85 bits per heavy atom. The van der Waals surface area contributed by atoms with Crippen LogP contribution in [0.5, 0.6) is 34.5 Å². The molecule has 0 saturated heterocycles. The van der Waals surface area contributed by atoms with Crippen LogP contribution < -0.4 is 28.4 Å². The predicted molar refractivity (Wildman–Crippen MR) is 128 cm³/mol. The number of rotatable bonds is 11. The second kappa shape index (κ2) is 11.2. The van der Waals surface area contributed by atoms with Gasteiger partial charge >= 0.3 is 0 Å². The lowest BCUT2D eigenvalue weighted by atomic mass is 10.1. The van der Waals surface area contributed by atoms with E-state index in [4.69, 9.17) is 28.4 Å². The van der Waals surface area contributed by atoms with E-state index in [1.165, 1.54) is 44.4 Å². The summed E-state index contributed by atoms with van der Waals surface area (Å²) in [7, 11) is 9.29. The van der Waals surface area contributed by atoms with Crippen molar-refractivity contribution in [3.63, 3.8) is 0 Å². The summed E-state index contributed by atoms with van der Waals surface area (Å²) in [5.41, 5.74) is 1.91. The van der Waals surface area contributed by atoms with E-state index in [-0.39, 0.29) is 11.5 Å². The molecule has 0 radical (unpaired) electrons. The van der Waals surface area contributed by atoms with Gasteiger partial charge in [0.15, 0.2) is 33.1 Å². The molecule has 1 aromatic heterocycles. The van der Waals surface area contributed by atoms with Crippen LogP contribution in [-0.4, -0.2) is 59.2 Å². The molecule has 0 aliphatic carbocycles. The van der Waals surface area contributed by atoms with Crippen molar-refractivity contribution in [1.82, 2.24) is 4.98 Å². The lowest BCUT2D eigenvalue weighted by Gasteiger charge is -2.13. The Balaban J connectivity index is 1.81. The molecular weight excluding hydrogens is 466 g/mol. The second-order valence-corrected chi connectivity index (χ2v) is 8.61. The Morgan fingerprint density at radius 1 is 0.758 bits per heavy atom. The van der Waals surface area contributed by atoms with Crippen LogP contribution in [0.15, 0.2) is 34.0 Å². The van der Waals surface area contributed by atoms with E-state index in [1.807, 2.05) is 11.4 Å². The van der Waals surface area contributed by atoms with Crippen LogP contribution in [0.4, 0.5) is 0 Å². The van der Waals surface area contributed by atoms with Crippen molar-refractivity contribution < 1.29 is 33.2 Å². The number of ketones is 1. The molecular formula is C23H25NO7S2. The summed E-state index contributed by atoms with van der Waals surface area (Å²) in [5, 5.41) is 1.91. The third-order valence-corrected chi connectivity index (χ3v) is 6.82. The molecule has 176 valence electrons. The van der Waals surface area contributed by atoms with Gasteiger partial charge in [-0.15, -0.1) is 11.3 Å². The fourth-order valence-electron chi connectivity index (χ4n) is 3.13. The van der Waals surface area contributed by atoms with E-state index in [2.05, 4.69) is 4.98 Å². The van der Waals surface area contributed by atoms with Crippen molar-refractivity contribution >= 4 is 28.9 Å². The van der Waals surface area contributed by atoms with Gasteiger partial charge in [0.1, 0.15) is 11.5 Å². The number of carbonyl (C=O) groups is 1. The van der Waals surface area contributed by atoms with Gasteiger partial charge in [-0.3, -0.25) is 4.79 Å². The first kappa shape index (κ1) is 24.5. The van der Waals surface area contributed by atoms with Crippen molar-refractivity contribution in [1.29, 1.82) is 0 Å². The van der Waals surface area contributed by atoms with E-state index in [0.717, 1.165) is 15.6 Å². The summed E-state index contributed by atoms with van der Waals surface area (Å²) in [4.78, 5) is 17.6. The topological polar surface area (TPSA) is 85.3 Å². The van der Waals surface area contributed by atoms with Crippen LogP contribution in [0.3, 0.4) is 0 Å². The van der Waals surface area contributed by atoms with Crippen molar-refractivity contribution in [3.8, 4) is 45.8 Å². The first-order valence-electron chi connectivity index (χ1n) is 9.71. The van der Waals surface area contributed by atoms with Crippen LogP contribution in [0.25, 0.3) is 11.3 Å². The monoisotopic (exact) mass is 491 g/mol. The average molecular weight is 492 g/mol. The van der Waals surface area contributed by atoms with Gasteiger partial charge in [-0.25, -0.2) is 4.98 Å². The summed E-state index contributed by atoms with van der Waals surface area (Å²) in [6.07, 6.45) is 0. The molecule has 8 nitrogen and oxygen atoms in total. The average Bonchev–Trinajstić information content (AvgIpc) is 3.34. The summed E-state index contributed by atoms with van der Waals surface area (Å²) in [5.74, 6) is 3.20. The molecule has 0 bridgehead atoms. The van der Waals surface area contributed by atoms with Gasteiger partial charge in [0.05, 0.1) is 59.7 Å². The van der Waals surface area contributed by atoms with Gasteiger partial charge in [0.2, 0.25) is 0 Å². The molecule has 0 fully saturated rings. The van der Waals surface area contributed by atoms with Crippen molar-refractivity contribution in [2.45, 2.75) is 4.34 Å². The Labute approximate surface area is 200 Å². The largest absolute Gasteiger partial charge is 0.496 e. The van der Waals surface area contributed by atoms with Gasteiger partial charge in [0.25, 0.3) is 0 Å². The molecule has 0 atom stereocenters. The standard InChI is InChI=1S/C23H25NO7S2/c1-26-17-9-21(30-5)19(28-3)7-13(17)15-11-32-23(24-15)33-12-16(25)14-8-20(29-4)22(31-6)10-18(14)27-2/h7-11H,12H2,1-6H3. The van der Waals surface area contributed by atoms with Crippen molar-refractivity contribution in [3.05, 3.63) is 35.2 Å². The Kier molecular flexibility index (Phi) is 8.29. The molecule has 0 spiro atoms.